The highest BCUT2D eigenvalue weighted by Gasteiger charge is 2.50. The summed E-state index contributed by atoms with van der Waals surface area (Å²) in [5.74, 6) is -2.29. The molecular weight excluding hydrogens is 242 g/mol. The maximum atomic E-state index is 12.0. The van der Waals surface area contributed by atoms with Gasteiger partial charge in [-0.05, 0) is 12.8 Å². The Balaban J connectivity index is 2.20. The molecule has 3 unspecified atom stereocenters. The van der Waals surface area contributed by atoms with Crippen molar-refractivity contribution in [1.82, 2.24) is 4.90 Å². The highest BCUT2D eigenvalue weighted by Crippen LogP contribution is 2.30. The summed E-state index contributed by atoms with van der Waals surface area (Å²) in [6, 6.07) is -1.17. The lowest BCUT2D eigenvalue weighted by atomic mass is 10.1. The SMILES string of the molecule is COCCC(C(=O)O)N1C(=O)C2CCC(O2)C1=O. The number of nitrogens with zero attached hydrogens (tertiary/aromatic N) is 1. The zero-order valence-corrected chi connectivity index (χ0v) is 10.00. The van der Waals surface area contributed by atoms with Crippen LogP contribution in [-0.4, -0.2) is 59.8 Å². The molecule has 2 heterocycles. The number of carbonyl (C=O) groups is 3. The second kappa shape index (κ2) is 5.03. The van der Waals surface area contributed by atoms with Crippen molar-refractivity contribution in [3.05, 3.63) is 0 Å². The molecule has 0 aliphatic carbocycles. The van der Waals surface area contributed by atoms with Crippen LogP contribution < -0.4 is 0 Å². The predicted octanol–water partition coefficient (Wildman–Crippen LogP) is -0.607. The van der Waals surface area contributed by atoms with Gasteiger partial charge in [0.25, 0.3) is 11.8 Å². The molecule has 7 heteroatoms. The van der Waals surface area contributed by atoms with Crippen molar-refractivity contribution in [2.75, 3.05) is 13.7 Å². The molecule has 2 rings (SSSR count). The molecule has 2 aliphatic heterocycles. The first-order chi connectivity index (χ1) is 8.56. The van der Waals surface area contributed by atoms with E-state index in [-0.39, 0.29) is 13.0 Å². The minimum Gasteiger partial charge on any atom is -0.480 e. The minimum atomic E-state index is -1.20. The number of hydrogen-bond donors (Lipinski definition) is 1. The molecule has 2 amide bonds. The van der Waals surface area contributed by atoms with Crippen LogP contribution in [0, 0.1) is 0 Å². The van der Waals surface area contributed by atoms with E-state index in [4.69, 9.17) is 14.6 Å². The summed E-state index contributed by atoms with van der Waals surface area (Å²) in [7, 11) is 1.44. The number of aliphatic carboxylic acids is 1. The summed E-state index contributed by atoms with van der Waals surface area (Å²) in [4.78, 5) is 36.0. The zero-order chi connectivity index (χ0) is 13.3. The maximum absolute atomic E-state index is 12.0. The Morgan fingerprint density at radius 1 is 1.44 bits per heavy atom. The summed E-state index contributed by atoms with van der Waals surface area (Å²) in [6.07, 6.45) is -0.304. The number of ether oxygens (including phenoxy) is 2. The van der Waals surface area contributed by atoms with Crippen molar-refractivity contribution >= 4 is 17.8 Å². The van der Waals surface area contributed by atoms with Crippen molar-refractivity contribution in [3.8, 4) is 0 Å². The topological polar surface area (TPSA) is 93.1 Å². The third-order valence-electron chi connectivity index (χ3n) is 3.24. The molecule has 0 saturated carbocycles. The second-order valence-electron chi connectivity index (χ2n) is 4.37. The van der Waals surface area contributed by atoms with Crippen molar-refractivity contribution < 1.29 is 29.0 Å². The Bertz CT molecular complexity index is 360. The lowest BCUT2D eigenvalue weighted by molar-refractivity contribution is -0.176. The molecule has 2 fully saturated rings. The number of methoxy groups -OCH3 is 1. The fraction of sp³-hybridized carbons (Fsp3) is 0.727. The average Bonchev–Trinajstić information content (AvgIpc) is 2.77. The van der Waals surface area contributed by atoms with Gasteiger partial charge in [-0.15, -0.1) is 0 Å². The van der Waals surface area contributed by atoms with Gasteiger partial charge in [-0.2, -0.15) is 0 Å². The molecule has 0 aromatic carbocycles. The summed E-state index contributed by atoms with van der Waals surface area (Å²) < 4.78 is 10.0. The Labute approximate surface area is 104 Å². The van der Waals surface area contributed by atoms with Gasteiger partial charge in [-0.3, -0.25) is 14.5 Å². The first-order valence-electron chi connectivity index (χ1n) is 5.80. The van der Waals surface area contributed by atoms with E-state index in [1.54, 1.807) is 0 Å². The lowest BCUT2D eigenvalue weighted by Gasteiger charge is -2.33. The minimum absolute atomic E-state index is 0.0861. The van der Waals surface area contributed by atoms with Crippen LogP contribution in [0.1, 0.15) is 19.3 Å². The molecule has 2 bridgehead atoms. The Morgan fingerprint density at radius 2 is 2.00 bits per heavy atom. The van der Waals surface area contributed by atoms with Crippen LogP contribution in [0.25, 0.3) is 0 Å². The van der Waals surface area contributed by atoms with Crippen molar-refractivity contribution in [1.29, 1.82) is 0 Å². The van der Waals surface area contributed by atoms with Crippen LogP contribution in [0.2, 0.25) is 0 Å². The summed E-state index contributed by atoms with van der Waals surface area (Å²) in [5.41, 5.74) is 0. The van der Waals surface area contributed by atoms with E-state index in [0.717, 1.165) is 4.90 Å². The predicted molar refractivity (Wildman–Crippen MR) is 57.7 cm³/mol. The molecule has 3 atom stereocenters. The number of fused-ring (bicyclic) bond motifs is 2. The largest absolute Gasteiger partial charge is 0.480 e. The van der Waals surface area contributed by atoms with Gasteiger partial charge in [0.05, 0.1) is 0 Å². The van der Waals surface area contributed by atoms with Crippen LogP contribution in [0.3, 0.4) is 0 Å². The van der Waals surface area contributed by atoms with Gasteiger partial charge < -0.3 is 14.6 Å². The standard InChI is InChI=1S/C11H15NO6/c1-17-5-4-6(11(15)16)12-9(13)7-2-3-8(18-7)10(12)14/h6-8H,2-5H2,1H3,(H,15,16). The molecule has 7 nitrogen and oxygen atoms in total. The Kier molecular flexibility index (Phi) is 3.63. The van der Waals surface area contributed by atoms with E-state index in [0.29, 0.717) is 12.8 Å². The molecule has 0 aromatic heterocycles. The third kappa shape index (κ3) is 2.11. The van der Waals surface area contributed by atoms with Crippen molar-refractivity contribution in [2.45, 2.75) is 37.5 Å². The fourth-order valence-electron chi connectivity index (χ4n) is 2.32. The monoisotopic (exact) mass is 257 g/mol. The van der Waals surface area contributed by atoms with E-state index >= 15 is 0 Å². The van der Waals surface area contributed by atoms with Crippen LogP contribution in [-0.2, 0) is 23.9 Å². The number of morpholine rings is 1. The number of carboxylic acids is 1. The van der Waals surface area contributed by atoms with Gasteiger partial charge in [0.1, 0.15) is 18.2 Å². The summed E-state index contributed by atoms with van der Waals surface area (Å²) >= 11 is 0. The maximum Gasteiger partial charge on any atom is 0.327 e. The van der Waals surface area contributed by atoms with E-state index in [9.17, 15) is 14.4 Å². The molecule has 0 radical (unpaired) electrons. The van der Waals surface area contributed by atoms with E-state index < -0.39 is 36.0 Å². The smallest absolute Gasteiger partial charge is 0.327 e. The van der Waals surface area contributed by atoms with Crippen LogP contribution in [0.5, 0.6) is 0 Å². The highest BCUT2D eigenvalue weighted by molar-refractivity contribution is 6.05. The van der Waals surface area contributed by atoms with Crippen LogP contribution in [0.15, 0.2) is 0 Å². The molecule has 18 heavy (non-hydrogen) atoms. The molecule has 100 valence electrons. The van der Waals surface area contributed by atoms with Gasteiger partial charge in [0.15, 0.2) is 0 Å². The first-order valence-corrected chi connectivity index (χ1v) is 5.80. The molecule has 0 aromatic rings. The van der Waals surface area contributed by atoms with Gasteiger partial charge >= 0.3 is 5.97 Å². The number of amides is 2. The van der Waals surface area contributed by atoms with E-state index in [1.807, 2.05) is 0 Å². The molecule has 1 N–H and O–H groups in total. The van der Waals surface area contributed by atoms with Gasteiger partial charge in [0, 0.05) is 20.1 Å². The van der Waals surface area contributed by atoms with E-state index in [1.165, 1.54) is 7.11 Å². The molecular formula is C11H15NO6. The van der Waals surface area contributed by atoms with E-state index in [2.05, 4.69) is 0 Å². The average molecular weight is 257 g/mol. The number of likely N-dealkylation sites (tertiary alicyclic amines) is 1. The normalized spacial score (nSPS) is 28.6. The van der Waals surface area contributed by atoms with Crippen LogP contribution >= 0.6 is 0 Å². The van der Waals surface area contributed by atoms with Gasteiger partial charge in [-0.1, -0.05) is 0 Å². The molecule has 0 spiro atoms. The number of hydrogen-bond acceptors (Lipinski definition) is 5. The number of rotatable bonds is 5. The summed E-state index contributed by atoms with van der Waals surface area (Å²) in [5, 5.41) is 9.14. The first kappa shape index (κ1) is 13.0. The lowest BCUT2D eigenvalue weighted by Crippen LogP contribution is -2.58. The van der Waals surface area contributed by atoms with Crippen LogP contribution in [0.4, 0.5) is 0 Å². The van der Waals surface area contributed by atoms with Gasteiger partial charge in [0.2, 0.25) is 0 Å². The Hall–Kier alpha value is -1.47. The quantitative estimate of drug-likeness (QED) is 0.660. The number of carboxylic acid groups (broad SMARTS) is 1. The molecule has 2 aliphatic rings. The Morgan fingerprint density at radius 3 is 2.44 bits per heavy atom. The summed E-state index contributed by atoms with van der Waals surface area (Å²) in [6.45, 7) is 0.171. The number of imide groups is 1. The molecule has 2 saturated heterocycles. The van der Waals surface area contributed by atoms with Gasteiger partial charge in [-0.25, -0.2) is 4.79 Å². The fourth-order valence-corrected chi connectivity index (χ4v) is 2.32. The third-order valence-corrected chi connectivity index (χ3v) is 3.24. The highest BCUT2D eigenvalue weighted by atomic mass is 16.5. The van der Waals surface area contributed by atoms with Crippen molar-refractivity contribution in [3.63, 3.8) is 0 Å². The zero-order valence-electron chi connectivity index (χ0n) is 10.00. The number of carbonyl (C=O) groups excluding carboxylic acids is 2. The second-order valence-corrected chi connectivity index (χ2v) is 4.37. The van der Waals surface area contributed by atoms with Crippen molar-refractivity contribution in [2.24, 2.45) is 0 Å².